The number of rotatable bonds is 4. The summed E-state index contributed by atoms with van der Waals surface area (Å²) in [6.07, 6.45) is 1.57. The van der Waals surface area contributed by atoms with Gasteiger partial charge in [-0.1, -0.05) is 6.07 Å². The molecule has 0 aliphatic heterocycles. The number of benzene rings is 1. The molecule has 2 N–H and O–H groups in total. The van der Waals surface area contributed by atoms with E-state index in [-0.39, 0.29) is 22.6 Å². The van der Waals surface area contributed by atoms with E-state index in [1.807, 2.05) is 0 Å². The zero-order valence-electron chi connectivity index (χ0n) is 11.5. The fourth-order valence-electron chi connectivity index (χ4n) is 1.89. The van der Waals surface area contributed by atoms with Crippen LogP contribution in [-0.4, -0.2) is 47.3 Å². The van der Waals surface area contributed by atoms with Gasteiger partial charge in [0, 0.05) is 6.20 Å². The van der Waals surface area contributed by atoms with E-state index >= 15 is 0 Å². The molecule has 3 aromatic rings. The number of carboxylic acids is 2. The van der Waals surface area contributed by atoms with E-state index in [2.05, 4.69) is 20.4 Å². The predicted octanol–water partition coefficient (Wildman–Crippen LogP) is 1.12. The molecule has 0 bridgehead atoms. The van der Waals surface area contributed by atoms with Gasteiger partial charge in [0.25, 0.3) is 0 Å². The lowest BCUT2D eigenvalue weighted by atomic mass is 10.1. The van der Waals surface area contributed by atoms with Gasteiger partial charge in [-0.3, -0.25) is 4.98 Å². The molecule has 1 aromatic carbocycles. The standard InChI is InChI=1S/C14H9N5O4/c20-13(21)8-5-9(14(22)23)7-10(6-8)19-17-12(16-18-19)11-3-1-2-4-15-11/h1-7H,(H,20,21)(H,22,23). The lowest BCUT2D eigenvalue weighted by molar-refractivity contribution is 0.0696. The summed E-state index contributed by atoms with van der Waals surface area (Å²) >= 11 is 0. The van der Waals surface area contributed by atoms with Crippen molar-refractivity contribution in [3.8, 4) is 17.2 Å². The number of aromatic carboxylic acids is 2. The van der Waals surface area contributed by atoms with Crippen LogP contribution in [0.5, 0.6) is 0 Å². The van der Waals surface area contributed by atoms with Gasteiger partial charge in [-0.15, -0.1) is 15.0 Å². The van der Waals surface area contributed by atoms with E-state index in [9.17, 15) is 9.59 Å². The highest BCUT2D eigenvalue weighted by Gasteiger charge is 2.15. The first-order chi connectivity index (χ1) is 11.0. The van der Waals surface area contributed by atoms with Gasteiger partial charge in [0.1, 0.15) is 5.69 Å². The molecule has 0 amide bonds. The number of pyridine rings is 1. The van der Waals surface area contributed by atoms with Crippen LogP contribution in [-0.2, 0) is 0 Å². The molecule has 9 nitrogen and oxygen atoms in total. The Morgan fingerprint density at radius 3 is 2.26 bits per heavy atom. The van der Waals surface area contributed by atoms with Gasteiger partial charge in [0.05, 0.1) is 16.8 Å². The highest BCUT2D eigenvalue weighted by molar-refractivity contribution is 5.94. The molecule has 0 fully saturated rings. The number of nitrogens with zero attached hydrogens (tertiary/aromatic N) is 5. The smallest absolute Gasteiger partial charge is 0.335 e. The van der Waals surface area contributed by atoms with Gasteiger partial charge >= 0.3 is 11.9 Å². The van der Waals surface area contributed by atoms with E-state index in [1.165, 1.54) is 12.1 Å². The monoisotopic (exact) mass is 311 g/mol. The average molecular weight is 311 g/mol. The second-order valence-corrected chi connectivity index (χ2v) is 4.50. The largest absolute Gasteiger partial charge is 0.478 e. The number of aromatic nitrogens is 5. The number of hydrogen-bond acceptors (Lipinski definition) is 6. The molecule has 3 rings (SSSR count). The molecule has 2 heterocycles. The van der Waals surface area contributed by atoms with Crippen LogP contribution < -0.4 is 0 Å². The summed E-state index contributed by atoms with van der Waals surface area (Å²) < 4.78 is 0. The number of carboxylic acid groups (broad SMARTS) is 2. The Hall–Kier alpha value is -3.62. The number of carbonyl (C=O) groups is 2. The quantitative estimate of drug-likeness (QED) is 0.732. The van der Waals surface area contributed by atoms with Crippen molar-refractivity contribution in [1.29, 1.82) is 0 Å². The lowest BCUT2D eigenvalue weighted by Crippen LogP contribution is -2.07. The summed E-state index contributed by atoms with van der Waals surface area (Å²) in [7, 11) is 0. The van der Waals surface area contributed by atoms with Crippen LogP contribution in [0.25, 0.3) is 17.2 Å². The normalized spacial score (nSPS) is 10.4. The van der Waals surface area contributed by atoms with Crippen molar-refractivity contribution >= 4 is 11.9 Å². The van der Waals surface area contributed by atoms with Crippen molar-refractivity contribution < 1.29 is 19.8 Å². The van der Waals surface area contributed by atoms with Crippen molar-refractivity contribution in [2.45, 2.75) is 0 Å². The molecule has 0 radical (unpaired) electrons. The molecule has 0 aliphatic carbocycles. The summed E-state index contributed by atoms with van der Waals surface area (Å²) in [5, 5.41) is 29.9. The minimum atomic E-state index is -1.25. The molecule has 23 heavy (non-hydrogen) atoms. The Bertz CT molecular complexity index is 859. The predicted molar refractivity (Wildman–Crippen MR) is 76.3 cm³/mol. The third kappa shape index (κ3) is 2.88. The summed E-state index contributed by atoms with van der Waals surface area (Å²) in [6, 6.07) is 8.78. The van der Waals surface area contributed by atoms with Crippen molar-refractivity contribution in [1.82, 2.24) is 25.2 Å². The van der Waals surface area contributed by atoms with Crippen LogP contribution in [0, 0.1) is 0 Å². The van der Waals surface area contributed by atoms with Gasteiger partial charge in [0.15, 0.2) is 0 Å². The van der Waals surface area contributed by atoms with Gasteiger partial charge in [-0.25, -0.2) is 9.59 Å². The highest BCUT2D eigenvalue weighted by Crippen LogP contribution is 2.15. The van der Waals surface area contributed by atoms with Gasteiger partial charge < -0.3 is 10.2 Å². The third-order valence-corrected chi connectivity index (χ3v) is 2.95. The molecular formula is C14H9N5O4. The van der Waals surface area contributed by atoms with Crippen LogP contribution in [0.1, 0.15) is 20.7 Å². The highest BCUT2D eigenvalue weighted by atomic mass is 16.4. The third-order valence-electron chi connectivity index (χ3n) is 2.95. The molecule has 0 spiro atoms. The topological polar surface area (TPSA) is 131 Å². The second kappa shape index (κ2) is 5.64. The maximum Gasteiger partial charge on any atom is 0.335 e. The van der Waals surface area contributed by atoms with E-state index in [0.29, 0.717) is 5.69 Å². The Morgan fingerprint density at radius 2 is 1.70 bits per heavy atom. The number of hydrogen-bond donors (Lipinski definition) is 2. The Balaban J connectivity index is 2.07. The SMILES string of the molecule is O=C(O)c1cc(C(=O)O)cc(-n2nnc(-c3ccccn3)n2)c1. The number of tetrazole rings is 1. The molecule has 0 saturated heterocycles. The maximum absolute atomic E-state index is 11.1. The Labute approximate surface area is 128 Å². The van der Waals surface area contributed by atoms with Crippen LogP contribution in [0.15, 0.2) is 42.6 Å². The van der Waals surface area contributed by atoms with Gasteiger partial charge in [0.2, 0.25) is 5.82 Å². The minimum Gasteiger partial charge on any atom is -0.478 e. The lowest BCUT2D eigenvalue weighted by Gasteiger charge is -2.03. The van der Waals surface area contributed by atoms with Gasteiger partial charge in [-0.2, -0.15) is 0 Å². The zero-order valence-corrected chi connectivity index (χ0v) is 11.5. The van der Waals surface area contributed by atoms with E-state index in [4.69, 9.17) is 10.2 Å². The summed E-state index contributed by atoms with van der Waals surface area (Å²) in [6.45, 7) is 0. The molecule has 0 saturated carbocycles. The van der Waals surface area contributed by atoms with Crippen molar-refractivity contribution in [2.24, 2.45) is 0 Å². The minimum absolute atomic E-state index is 0.178. The van der Waals surface area contributed by atoms with Crippen molar-refractivity contribution in [3.05, 3.63) is 53.7 Å². The molecule has 0 aliphatic rings. The molecule has 0 atom stereocenters. The second-order valence-electron chi connectivity index (χ2n) is 4.50. The van der Waals surface area contributed by atoms with Crippen molar-refractivity contribution in [3.63, 3.8) is 0 Å². The van der Waals surface area contributed by atoms with Gasteiger partial charge in [-0.05, 0) is 35.5 Å². The first kappa shape index (κ1) is 14.3. The summed E-state index contributed by atoms with van der Waals surface area (Å²) in [5.74, 6) is -2.26. The first-order valence-corrected chi connectivity index (χ1v) is 6.38. The fourth-order valence-corrected chi connectivity index (χ4v) is 1.89. The molecular weight excluding hydrogens is 302 g/mol. The van der Waals surface area contributed by atoms with E-state index in [0.717, 1.165) is 10.9 Å². The first-order valence-electron chi connectivity index (χ1n) is 6.38. The summed E-state index contributed by atoms with van der Waals surface area (Å²) in [4.78, 5) is 27.4. The Morgan fingerprint density at radius 1 is 1.00 bits per heavy atom. The molecule has 2 aromatic heterocycles. The molecule has 114 valence electrons. The van der Waals surface area contributed by atoms with E-state index < -0.39 is 11.9 Å². The zero-order chi connectivity index (χ0) is 16.4. The van der Waals surface area contributed by atoms with Crippen LogP contribution >= 0.6 is 0 Å². The van der Waals surface area contributed by atoms with Crippen LogP contribution in [0.2, 0.25) is 0 Å². The average Bonchev–Trinajstić information content (AvgIpc) is 3.05. The Kier molecular flexibility index (Phi) is 3.51. The molecule has 0 unspecified atom stereocenters. The molecule has 9 heteroatoms. The van der Waals surface area contributed by atoms with E-state index in [1.54, 1.807) is 24.4 Å². The van der Waals surface area contributed by atoms with Crippen LogP contribution in [0.4, 0.5) is 0 Å². The van der Waals surface area contributed by atoms with Crippen LogP contribution in [0.3, 0.4) is 0 Å². The summed E-state index contributed by atoms with van der Waals surface area (Å²) in [5.41, 5.74) is 0.303. The fraction of sp³-hybridized carbons (Fsp3) is 0. The van der Waals surface area contributed by atoms with Crippen molar-refractivity contribution in [2.75, 3.05) is 0 Å². The maximum atomic E-state index is 11.1.